The summed E-state index contributed by atoms with van der Waals surface area (Å²) >= 11 is 0. The molecule has 5 heteroatoms. The third-order valence-electron chi connectivity index (χ3n) is 3.53. The van der Waals surface area contributed by atoms with Gasteiger partial charge >= 0.3 is 0 Å². The highest BCUT2D eigenvalue weighted by Crippen LogP contribution is 2.21. The molecule has 1 aliphatic heterocycles. The molecular formula is C13H23N5. The van der Waals surface area contributed by atoms with E-state index in [2.05, 4.69) is 33.7 Å². The molecule has 0 radical (unpaired) electrons. The summed E-state index contributed by atoms with van der Waals surface area (Å²) in [5.41, 5.74) is 6.70. The van der Waals surface area contributed by atoms with E-state index >= 15 is 0 Å². The summed E-state index contributed by atoms with van der Waals surface area (Å²) < 4.78 is 0. The van der Waals surface area contributed by atoms with Crippen LogP contribution in [0, 0.1) is 6.92 Å². The van der Waals surface area contributed by atoms with E-state index in [0.717, 1.165) is 44.0 Å². The zero-order valence-corrected chi connectivity index (χ0v) is 11.6. The molecule has 100 valence electrons. The van der Waals surface area contributed by atoms with E-state index in [9.17, 15) is 0 Å². The number of aromatic nitrogens is 2. The lowest BCUT2D eigenvalue weighted by Gasteiger charge is -2.31. The minimum absolute atomic E-state index is 0.373. The molecule has 1 aromatic rings. The number of likely N-dealkylation sites (N-methyl/N-ethyl adjacent to an activating group) is 1. The molecule has 2 N–H and O–H groups in total. The van der Waals surface area contributed by atoms with Crippen LogP contribution in [0.15, 0.2) is 6.07 Å². The van der Waals surface area contributed by atoms with Crippen molar-refractivity contribution in [2.24, 2.45) is 0 Å². The Kier molecular flexibility index (Phi) is 4.01. The smallest absolute Gasteiger partial charge is 0.222 e. The first-order chi connectivity index (χ1) is 8.60. The molecule has 1 atom stereocenters. The van der Waals surface area contributed by atoms with Crippen molar-refractivity contribution in [2.75, 3.05) is 37.3 Å². The van der Waals surface area contributed by atoms with Crippen LogP contribution in [0.1, 0.15) is 25.5 Å². The van der Waals surface area contributed by atoms with Gasteiger partial charge in [-0.25, -0.2) is 4.98 Å². The number of rotatable bonds is 2. The van der Waals surface area contributed by atoms with Crippen molar-refractivity contribution in [1.82, 2.24) is 14.9 Å². The number of nitrogen functional groups attached to an aromatic ring is 1. The second-order valence-corrected chi connectivity index (χ2v) is 5.10. The van der Waals surface area contributed by atoms with Crippen LogP contribution < -0.4 is 10.6 Å². The van der Waals surface area contributed by atoms with Gasteiger partial charge in [-0.1, -0.05) is 6.92 Å². The molecule has 0 bridgehead atoms. The summed E-state index contributed by atoms with van der Waals surface area (Å²) in [5.74, 6) is 1.35. The van der Waals surface area contributed by atoms with Crippen LogP contribution in [-0.2, 0) is 0 Å². The van der Waals surface area contributed by atoms with Gasteiger partial charge in [0.25, 0.3) is 0 Å². The van der Waals surface area contributed by atoms with Crippen LogP contribution in [0.5, 0.6) is 0 Å². The number of hydrogen-bond acceptors (Lipinski definition) is 5. The fraction of sp³-hybridized carbons (Fsp3) is 0.692. The number of nitrogens with zero attached hydrogens (tertiary/aromatic N) is 4. The second-order valence-electron chi connectivity index (χ2n) is 5.10. The zero-order valence-electron chi connectivity index (χ0n) is 11.6. The van der Waals surface area contributed by atoms with Crippen molar-refractivity contribution in [1.29, 1.82) is 0 Å². The summed E-state index contributed by atoms with van der Waals surface area (Å²) in [4.78, 5) is 13.3. The first-order valence-corrected chi connectivity index (χ1v) is 6.66. The summed E-state index contributed by atoms with van der Waals surface area (Å²) in [7, 11) is 2.19. The quantitative estimate of drug-likeness (QED) is 0.856. The van der Waals surface area contributed by atoms with Crippen LogP contribution in [-0.4, -0.2) is 47.6 Å². The van der Waals surface area contributed by atoms with Gasteiger partial charge in [0, 0.05) is 30.9 Å². The van der Waals surface area contributed by atoms with Crippen molar-refractivity contribution >= 4 is 11.8 Å². The highest BCUT2D eigenvalue weighted by atomic mass is 15.3. The van der Waals surface area contributed by atoms with E-state index in [1.807, 2.05) is 13.0 Å². The van der Waals surface area contributed by atoms with E-state index in [0.29, 0.717) is 12.0 Å². The lowest BCUT2D eigenvalue weighted by atomic mass is 10.2. The SMILES string of the molecule is CCC1CN(C)CCCN1c1cc(C)nc(N)n1. The molecule has 1 unspecified atom stereocenters. The minimum atomic E-state index is 0.373. The van der Waals surface area contributed by atoms with Crippen LogP contribution in [0.3, 0.4) is 0 Å². The van der Waals surface area contributed by atoms with Gasteiger partial charge in [0.1, 0.15) is 5.82 Å². The van der Waals surface area contributed by atoms with E-state index in [4.69, 9.17) is 5.73 Å². The van der Waals surface area contributed by atoms with Gasteiger partial charge in [-0.05, 0) is 33.4 Å². The Labute approximate surface area is 109 Å². The maximum atomic E-state index is 5.76. The summed E-state index contributed by atoms with van der Waals surface area (Å²) in [5, 5.41) is 0. The molecule has 1 saturated heterocycles. The number of nitrogens with two attached hydrogens (primary N) is 1. The van der Waals surface area contributed by atoms with Crippen LogP contribution in [0.25, 0.3) is 0 Å². The first-order valence-electron chi connectivity index (χ1n) is 6.66. The Bertz CT molecular complexity index is 386. The molecule has 0 amide bonds. The third kappa shape index (κ3) is 2.90. The number of hydrogen-bond donors (Lipinski definition) is 1. The van der Waals surface area contributed by atoms with Crippen LogP contribution >= 0.6 is 0 Å². The van der Waals surface area contributed by atoms with E-state index in [1.54, 1.807) is 0 Å². The van der Waals surface area contributed by atoms with Crippen molar-refractivity contribution < 1.29 is 0 Å². The van der Waals surface area contributed by atoms with Gasteiger partial charge in [0.05, 0.1) is 0 Å². The fourth-order valence-corrected chi connectivity index (χ4v) is 2.62. The standard InChI is InChI=1S/C13H23N5/c1-4-11-9-17(3)6-5-7-18(11)12-8-10(2)15-13(14)16-12/h8,11H,4-7,9H2,1-3H3,(H2,14,15,16). The summed E-state index contributed by atoms with van der Waals surface area (Å²) in [6.45, 7) is 7.46. The molecule has 0 aromatic carbocycles. The van der Waals surface area contributed by atoms with Crippen molar-refractivity contribution in [3.8, 4) is 0 Å². The van der Waals surface area contributed by atoms with Gasteiger partial charge < -0.3 is 15.5 Å². The van der Waals surface area contributed by atoms with Crippen LogP contribution in [0.4, 0.5) is 11.8 Å². The fourth-order valence-electron chi connectivity index (χ4n) is 2.62. The topological polar surface area (TPSA) is 58.3 Å². The lowest BCUT2D eigenvalue weighted by Crippen LogP contribution is -2.40. The first kappa shape index (κ1) is 13.1. The molecule has 1 aliphatic rings. The highest BCUT2D eigenvalue weighted by Gasteiger charge is 2.23. The van der Waals surface area contributed by atoms with Gasteiger partial charge in [-0.3, -0.25) is 0 Å². The molecule has 0 aliphatic carbocycles. The van der Waals surface area contributed by atoms with E-state index in [-0.39, 0.29) is 0 Å². The minimum Gasteiger partial charge on any atom is -0.368 e. The average molecular weight is 249 g/mol. The maximum Gasteiger partial charge on any atom is 0.222 e. The maximum absolute atomic E-state index is 5.76. The Balaban J connectivity index is 2.28. The summed E-state index contributed by atoms with van der Waals surface area (Å²) in [6.07, 6.45) is 2.28. The Morgan fingerprint density at radius 1 is 1.39 bits per heavy atom. The lowest BCUT2D eigenvalue weighted by molar-refractivity contribution is 0.327. The van der Waals surface area contributed by atoms with Gasteiger partial charge in [-0.2, -0.15) is 4.98 Å². The zero-order chi connectivity index (χ0) is 13.1. The second kappa shape index (κ2) is 5.52. The molecule has 0 spiro atoms. The molecule has 2 heterocycles. The molecule has 1 fully saturated rings. The molecule has 0 saturated carbocycles. The molecule has 5 nitrogen and oxygen atoms in total. The predicted molar refractivity (Wildman–Crippen MR) is 74.7 cm³/mol. The monoisotopic (exact) mass is 249 g/mol. The van der Waals surface area contributed by atoms with E-state index < -0.39 is 0 Å². The highest BCUT2D eigenvalue weighted by molar-refractivity contribution is 5.44. The van der Waals surface area contributed by atoms with Crippen LogP contribution in [0.2, 0.25) is 0 Å². The molecular weight excluding hydrogens is 226 g/mol. The van der Waals surface area contributed by atoms with Gasteiger partial charge in [0.2, 0.25) is 5.95 Å². The number of anilines is 2. The summed E-state index contributed by atoms with van der Waals surface area (Å²) in [6, 6.07) is 2.54. The molecule has 18 heavy (non-hydrogen) atoms. The number of aryl methyl sites for hydroxylation is 1. The Hall–Kier alpha value is -1.36. The third-order valence-corrected chi connectivity index (χ3v) is 3.53. The molecule has 2 rings (SSSR count). The van der Waals surface area contributed by atoms with Gasteiger partial charge in [-0.15, -0.1) is 0 Å². The van der Waals surface area contributed by atoms with Gasteiger partial charge in [0.15, 0.2) is 0 Å². The van der Waals surface area contributed by atoms with Crippen molar-refractivity contribution in [3.05, 3.63) is 11.8 Å². The molecule has 1 aromatic heterocycles. The van der Waals surface area contributed by atoms with E-state index in [1.165, 1.54) is 0 Å². The average Bonchev–Trinajstić information content (AvgIpc) is 2.49. The normalized spacial score (nSPS) is 21.9. The Morgan fingerprint density at radius 3 is 2.83 bits per heavy atom. The van der Waals surface area contributed by atoms with Crippen molar-refractivity contribution in [3.63, 3.8) is 0 Å². The Morgan fingerprint density at radius 2 is 2.17 bits per heavy atom. The predicted octanol–water partition coefficient (Wildman–Crippen LogP) is 1.29. The largest absolute Gasteiger partial charge is 0.368 e. The van der Waals surface area contributed by atoms with Crippen molar-refractivity contribution in [2.45, 2.75) is 32.7 Å².